The highest BCUT2D eigenvalue weighted by atomic mass is 79.9. The van der Waals surface area contributed by atoms with E-state index in [1.807, 2.05) is 36.4 Å². The molecule has 6 nitrogen and oxygen atoms in total. The standard InChI is InChI=1S/C26H21Br2NO5S/c1-15(2)34-23(30)13-29-25(31)22(35-26(29)32)12-16-10-20(27)24(21(28)11-16)33-14-18-8-5-7-17-6-3-4-9-19(17)18/h3-12,15H,13-14H2,1-2H3/b22-12-. The number of hydrogen-bond donors (Lipinski definition) is 0. The Morgan fingerprint density at radius 3 is 2.46 bits per heavy atom. The van der Waals surface area contributed by atoms with Gasteiger partial charge in [-0.1, -0.05) is 42.5 Å². The molecule has 1 aliphatic rings. The van der Waals surface area contributed by atoms with Crippen LogP contribution in [0.3, 0.4) is 0 Å². The smallest absolute Gasteiger partial charge is 0.326 e. The molecule has 1 fully saturated rings. The van der Waals surface area contributed by atoms with E-state index in [-0.39, 0.29) is 11.0 Å². The molecule has 3 aromatic carbocycles. The minimum absolute atomic E-state index is 0.232. The number of ether oxygens (including phenoxy) is 2. The van der Waals surface area contributed by atoms with Gasteiger partial charge in [0.05, 0.1) is 20.0 Å². The second kappa shape index (κ2) is 11.0. The van der Waals surface area contributed by atoms with E-state index in [2.05, 4.69) is 50.1 Å². The van der Waals surface area contributed by atoms with Crippen LogP contribution in [0.5, 0.6) is 5.75 Å². The van der Waals surface area contributed by atoms with Crippen LogP contribution in [0.1, 0.15) is 25.0 Å². The number of hydrogen-bond acceptors (Lipinski definition) is 6. The van der Waals surface area contributed by atoms with Crippen molar-refractivity contribution in [2.45, 2.75) is 26.6 Å². The maximum absolute atomic E-state index is 12.7. The molecule has 0 aromatic heterocycles. The van der Waals surface area contributed by atoms with Crippen LogP contribution in [-0.2, 0) is 20.9 Å². The number of imide groups is 1. The summed E-state index contributed by atoms with van der Waals surface area (Å²) in [5.74, 6) is -0.523. The third-order valence-corrected chi connectivity index (χ3v) is 7.18. The molecule has 0 radical (unpaired) electrons. The number of carbonyl (C=O) groups is 3. The average Bonchev–Trinajstić information content (AvgIpc) is 3.05. The van der Waals surface area contributed by atoms with Crippen molar-refractivity contribution in [3.05, 3.63) is 79.6 Å². The zero-order chi connectivity index (χ0) is 25.1. The molecule has 3 aromatic rings. The highest BCUT2D eigenvalue weighted by Gasteiger charge is 2.36. The van der Waals surface area contributed by atoms with E-state index in [9.17, 15) is 14.4 Å². The van der Waals surface area contributed by atoms with Gasteiger partial charge in [0.2, 0.25) is 0 Å². The Morgan fingerprint density at radius 1 is 1.06 bits per heavy atom. The van der Waals surface area contributed by atoms with Crippen molar-refractivity contribution < 1.29 is 23.9 Å². The Bertz CT molecular complexity index is 1330. The number of esters is 1. The second-order valence-corrected chi connectivity index (χ2v) is 10.7. The highest BCUT2D eigenvalue weighted by Crippen LogP contribution is 2.38. The number of fused-ring (bicyclic) bond motifs is 1. The highest BCUT2D eigenvalue weighted by molar-refractivity contribution is 9.11. The molecule has 0 bridgehead atoms. The lowest BCUT2D eigenvalue weighted by molar-refractivity contribution is -0.149. The van der Waals surface area contributed by atoms with Crippen LogP contribution in [0, 0.1) is 0 Å². The lowest BCUT2D eigenvalue weighted by Gasteiger charge is -2.13. The first-order valence-electron chi connectivity index (χ1n) is 10.8. The van der Waals surface area contributed by atoms with E-state index in [0.29, 0.717) is 26.9 Å². The Labute approximate surface area is 223 Å². The molecular weight excluding hydrogens is 598 g/mol. The molecule has 4 rings (SSSR count). The SMILES string of the molecule is CC(C)OC(=O)CN1C(=O)S/C(=C\c2cc(Br)c(OCc3cccc4ccccc34)c(Br)c2)C1=O. The summed E-state index contributed by atoms with van der Waals surface area (Å²) in [7, 11) is 0. The summed E-state index contributed by atoms with van der Waals surface area (Å²) in [6, 6.07) is 17.9. The number of halogens is 2. The lowest BCUT2D eigenvalue weighted by atomic mass is 10.1. The van der Waals surface area contributed by atoms with E-state index in [4.69, 9.17) is 9.47 Å². The predicted octanol–water partition coefficient (Wildman–Crippen LogP) is 6.93. The monoisotopic (exact) mass is 617 g/mol. The molecule has 1 saturated heterocycles. The number of thioether (sulfide) groups is 1. The zero-order valence-electron chi connectivity index (χ0n) is 18.9. The van der Waals surface area contributed by atoms with Crippen molar-refractivity contribution in [3.8, 4) is 5.75 Å². The number of nitrogens with zero attached hydrogens (tertiary/aromatic N) is 1. The normalized spacial score (nSPS) is 14.9. The molecule has 0 aliphatic carbocycles. The maximum atomic E-state index is 12.7. The fraction of sp³-hybridized carbons (Fsp3) is 0.192. The summed E-state index contributed by atoms with van der Waals surface area (Å²) in [6.45, 7) is 3.38. The van der Waals surface area contributed by atoms with Gasteiger partial charge in [0, 0.05) is 0 Å². The largest absolute Gasteiger partial charge is 0.487 e. The lowest BCUT2D eigenvalue weighted by Crippen LogP contribution is -2.35. The van der Waals surface area contributed by atoms with Gasteiger partial charge in [-0.05, 0) is 97.6 Å². The Balaban J connectivity index is 1.50. The molecular formula is C26H21Br2NO5S. The summed E-state index contributed by atoms with van der Waals surface area (Å²) < 4.78 is 12.5. The zero-order valence-corrected chi connectivity index (χ0v) is 22.9. The molecule has 9 heteroatoms. The van der Waals surface area contributed by atoms with Crippen molar-refractivity contribution in [2.75, 3.05) is 6.54 Å². The van der Waals surface area contributed by atoms with Gasteiger partial charge in [-0.15, -0.1) is 0 Å². The van der Waals surface area contributed by atoms with Crippen LogP contribution >= 0.6 is 43.6 Å². The first kappa shape index (κ1) is 25.5. The maximum Gasteiger partial charge on any atom is 0.326 e. The molecule has 0 spiro atoms. The number of benzene rings is 3. The number of amides is 2. The van der Waals surface area contributed by atoms with Crippen LogP contribution in [-0.4, -0.2) is 34.7 Å². The minimum atomic E-state index is -0.623. The summed E-state index contributed by atoms with van der Waals surface area (Å²) in [6.07, 6.45) is 1.29. The Morgan fingerprint density at radius 2 is 1.74 bits per heavy atom. The molecule has 0 atom stereocenters. The first-order valence-corrected chi connectivity index (χ1v) is 13.2. The average molecular weight is 619 g/mol. The van der Waals surface area contributed by atoms with Gasteiger partial charge in [0.25, 0.3) is 11.1 Å². The molecule has 0 unspecified atom stereocenters. The Hall–Kier alpha value is -2.62. The van der Waals surface area contributed by atoms with Crippen LogP contribution < -0.4 is 4.74 Å². The topological polar surface area (TPSA) is 72.9 Å². The fourth-order valence-electron chi connectivity index (χ4n) is 3.59. The predicted molar refractivity (Wildman–Crippen MR) is 144 cm³/mol. The molecule has 0 N–H and O–H groups in total. The van der Waals surface area contributed by atoms with Gasteiger partial charge < -0.3 is 9.47 Å². The van der Waals surface area contributed by atoms with Crippen LogP contribution in [0.2, 0.25) is 0 Å². The molecule has 1 aliphatic heterocycles. The van der Waals surface area contributed by atoms with Crippen molar-refractivity contribution >= 4 is 77.6 Å². The number of carbonyl (C=O) groups excluding carboxylic acids is 3. The second-order valence-electron chi connectivity index (χ2n) is 8.05. The first-order chi connectivity index (χ1) is 16.7. The van der Waals surface area contributed by atoms with Gasteiger partial charge >= 0.3 is 5.97 Å². The van der Waals surface area contributed by atoms with Gasteiger partial charge in [0.15, 0.2) is 0 Å². The van der Waals surface area contributed by atoms with Gasteiger partial charge in [-0.25, -0.2) is 0 Å². The van der Waals surface area contributed by atoms with Gasteiger partial charge in [-0.3, -0.25) is 19.3 Å². The van der Waals surface area contributed by atoms with Crippen molar-refractivity contribution in [1.29, 1.82) is 0 Å². The summed E-state index contributed by atoms with van der Waals surface area (Å²) in [5.41, 5.74) is 1.76. The van der Waals surface area contributed by atoms with Crippen LogP contribution in [0.25, 0.3) is 16.8 Å². The molecule has 2 amide bonds. The van der Waals surface area contributed by atoms with E-state index in [1.165, 1.54) is 0 Å². The quantitative estimate of drug-likeness (QED) is 0.211. The van der Waals surface area contributed by atoms with Crippen molar-refractivity contribution in [2.24, 2.45) is 0 Å². The van der Waals surface area contributed by atoms with Crippen molar-refractivity contribution in [1.82, 2.24) is 4.90 Å². The molecule has 1 heterocycles. The van der Waals surface area contributed by atoms with E-state index in [0.717, 1.165) is 33.0 Å². The molecule has 35 heavy (non-hydrogen) atoms. The van der Waals surface area contributed by atoms with Gasteiger partial charge in [0.1, 0.15) is 18.9 Å². The molecule has 180 valence electrons. The van der Waals surface area contributed by atoms with Crippen LogP contribution in [0.15, 0.2) is 68.4 Å². The van der Waals surface area contributed by atoms with Gasteiger partial charge in [-0.2, -0.15) is 0 Å². The van der Waals surface area contributed by atoms with E-state index >= 15 is 0 Å². The number of rotatable bonds is 7. The molecule has 0 saturated carbocycles. The van der Waals surface area contributed by atoms with E-state index < -0.39 is 23.7 Å². The van der Waals surface area contributed by atoms with Crippen molar-refractivity contribution in [3.63, 3.8) is 0 Å². The summed E-state index contributed by atoms with van der Waals surface area (Å²) >= 11 is 7.89. The minimum Gasteiger partial charge on any atom is -0.487 e. The third kappa shape index (κ3) is 5.97. The third-order valence-electron chi connectivity index (χ3n) is 5.10. The van der Waals surface area contributed by atoms with Crippen LogP contribution in [0.4, 0.5) is 4.79 Å². The summed E-state index contributed by atoms with van der Waals surface area (Å²) in [4.78, 5) is 38.0. The van der Waals surface area contributed by atoms with E-state index in [1.54, 1.807) is 19.9 Å². The Kier molecular flexibility index (Phi) is 7.98. The fourth-order valence-corrected chi connectivity index (χ4v) is 5.88. The summed E-state index contributed by atoms with van der Waals surface area (Å²) in [5, 5.41) is 1.77.